The molecule has 4 nitrogen and oxygen atoms in total. The van der Waals surface area contributed by atoms with E-state index in [4.69, 9.17) is 11.6 Å². The average molecular weight is 283 g/mol. The van der Waals surface area contributed by atoms with Crippen LogP contribution < -0.4 is 5.32 Å². The van der Waals surface area contributed by atoms with Crippen molar-refractivity contribution in [2.45, 2.75) is 51.2 Å². The zero-order chi connectivity index (χ0) is 13.4. The molecule has 0 radical (unpaired) electrons. The first kappa shape index (κ1) is 13.4. The molecule has 0 amide bonds. The van der Waals surface area contributed by atoms with Crippen LogP contribution in [0.15, 0.2) is 0 Å². The Morgan fingerprint density at radius 3 is 2.79 bits per heavy atom. The van der Waals surface area contributed by atoms with E-state index in [0.29, 0.717) is 6.04 Å². The highest BCUT2D eigenvalue weighted by atomic mass is 35.5. The maximum Gasteiger partial charge on any atom is 0.0860 e. The van der Waals surface area contributed by atoms with E-state index < -0.39 is 0 Å². The van der Waals surface area contributed by atoms with Crippen LogP contribution in [-0.4, -0.2) is 39.9 Å². The van der Waals surface area contributed by atoms with Crippen LogP contribution in [0.4, 0.5) is 0 Å². The fourth-order valence-corrected chi connectivity index (χ4v) is 3.19. The molecule has 1 aliphatic carbocycles. The minimum absolute atomic E-state index is 0.659. The van der Waals surface area contributed by atoms with E-state index >= 15 is 0 Å². The van der Waals surface area contributed by atoms with Gasteiger partial charge in [0, 0.05) is 32.2 Å². The summed E-state index contributed by atoms with van der Waals surface area (Å²) in [5.41, 5.74) is 2.09. The Labute approximate surface area is 120 Å². The van der Waals surface area contributed by atoms with Gasteiger partial charge in [-0.3, -0.25) is 9.58 Å². The highest BCUT2D eigenvalue weighted by molar-refractivity contribution is 6.31. The molecule has 1 unspecified atom stereocenters. The van der Waals surface area contributed by atoms with Gasteiger partial charge in [0.15, 0.2) is 0 Å². The monoisotopic (exact) mass is 282 g/mol. The number of halogens is 1. The summed E-state index contributed by atoms with van der Waals surface area (Å²) in [4.78, 5) is 2.55. The van der Waals surface area contributed by atoms with Crippen LogP contribution in [0, 0.1) is 6.92 Å². The number of aryl methyl sites for hydroxylation is 2. The lowest BCUT2D eigenvalue weighted by molar-refractivity contribution is 0.233. The van der Waals surface area contributed by atoms with Crippen LogP contribution in [0.1, 0.15) is 37.1 Å². The maximum atomic E-state index is 6.35. The Balaban J connectivity index is 1.63. The normalized spacial score (nSPS) is 24.3. The fraction of sp³-hybridized carbons (Fsp3) is 0.786. The molecule has 1 aliphatic heterocycles. The Hall–Kier alpha value is -0.580. The minimum Gasteiger partial charge on any atom is -0.312 e. The molecule has 2 aliphatic rings. The molecular formula is C14H23ClN4. The summed E-state index contributed by atoms with van der Waals surface area (Å²) in [6.07, 6.45) is 5.32. The zero-order valence-electron chi connectivity index (χ0n) is 11.8. The Morgan fingerprint density at radius 2 is 2.16 bits per heavy atom. The molecule has 0 bridgehead atoms. The number of aromatic nitrogens is 2. The van der Waals surface area contributed by atoms with E-state index in [9.17, 15) is 0 Å². The highest BCUT2D eigenvalue weighted by Gasteiger charge is 2.28. The van der Waals surface area contributed by atoms with Crippen molar-refractivity contribution in [3.05, 3.63) is 16.4 Å². The van der Waals surface area contributed by atoms with Gasteiger partial charge in [0.25, 0.3) is 0 Å². The Morgan fingerprint density at radius 1 is 1.37 bits per heavy atom. The van der Waals surface area contributed by atoms with Crippen LogP contribution in [-0.2, 0) is 13.6 Å². The number of rotatable bonds is 5. The molecule has 0 spiro atoms. The molecule has 2 heterocycles. The topological polar surface area (TPSA) is 33.1 Å². The molecule has 2 fully saturated rings. The molecule has 0 aromatic carbocycles. The van der Waals surface area contributed by atoms with Gasteiger partial charge in [-0.1, -0.05) is 11.6 Å². The van der Waals surface area contributed by atoms with E-state index in [2.05, 4.69) is 15.3 Å². The minimum atomic E-state index is 0.659. The quantitative estimate of drug-likeness (QED) is 0.898. The molecular weight excluding hydrogens is 260 g/mol. The first-order valence-electron chi connectivity index (χ1n) is 7.30. The van der Waals surface area contributed by atoms with Crippen LogP contribution in [0.25, 0.3) is 0 Å². The van der Waals surface area contributed by atoms with Gasteiger partial charge in [-0.15, -0.1) is 0 Å². The highest BCUT2D eigenvalue weighted by Crippen LogP contribution is 2.26. The largest absolute Gasteiger partial charge is 0.312 e. The van der Waals surface area contributed by atoms with Gasteiger partial charge >= 0.3 is 0 Å². The first-order valence-corrected chi connectivity index (χ1v) is 7.68. The van der Waals surface area contributed by atoms with Gasteiger partial charge in [-0.25, -0.2) is 0 Å². The Kier molecular flexibility index (Phi) is 3.83. The summed E-state index contributed by atoms with van der Waals surface area (Å²) >= 11 is 6.35. The summed E-state index contributed by atoms with van der Waals surface area (Å²) in [6, 6.07) is 1.46. The number of hydrogen-bond donors (Lipinski definition) is 1. The molecule has 1 saturated carbocycles. The molecule has 1 aromatic heterocycles. The van der Waals surface area contributed by atoms with Gasteiger partial charge in [-0.2, -0.15) is 5.10 Å². The second-order valence-electron chi connectivity index (χ2n) is 5.92. The lowest BCUT2D eigenvalue weighted by Gasteiger charge is -2.25. The third-order valence-electron chi connectivity index (χ3n) is 4.33. The average Bonchev–Trinajstić information content (AvgIpc) is 3.06. The molecule has 1 saturated heterocycles. The van der Waals surface area contributed by atoms with Gasteiger partial charge in [0.05, 0.1) is 16.4 Å². The van der Waals surface area contributed by atoms with Crippen molar-refractivity contribution in [1.82, 2.24) is 20.0 Å². The predicted molar refractivity (Wildman–Crippen MR) is 77.4 cm³/mol. The van der Waals surface area contributed by atoms with Crippen molar-refractivity contribution in [2.24, 2.45) is 7.05 Å². The SMILES string of the molecule is Cc1nn(C)c(CN2CCCC2CNC2CC2)c1Cl. The van der Waals surface area contributed by atoms with E-state index in [1.165, 1.54) is 32.2 Å². The molecule has 3 rings (SSSR count). The molecule has 106 valence electrons. The van der Waals surface area contributed by atoms with Crippen LogP contribution in [0.3, 0.4) is 0 Å². The summed E-state index contributed by atoms with van der Waals surface area (Å²) in [6.45, 7) is 5.20. The van der Waals surface area contributed by atoms with Crippen molar-refractivity contribution in [3.63, 3.8) is 0 Å². The van der Waals surface area contributed by atoms with E-state index in [1.54, 1.807) is 0 Å². The van der Waals surface area contributed by atoms with Crippen molar-refractivity contribution >= 4 is 11.6 Å². The van der Waals surface area contributed by atoms with E-state index in [0.717, 1.165) is 35.5 Å². The predicted octanol–water partition coefficient (Wildman–Crippen LogP) is 2.10. The van der Waals surface area contributed by atoms with Crippen molar-refractivity contribution in [3.8, 4) is 0 Å². The van der Waals surface area contributed by atoms with Gasteiger partial charge in [0.1, 0.15) is 0 Å². The molecule has 1 atom stereocenters. The first-order chi connectivity index (χ1) is 9.15. The van der Waals surface area contributed by atoms with Crippen LogP contribution in [0.2, 0.25) is 5.02 Å². The van der Waals surface area contributed by atoms with Crippen molar-refractivity contribution in [1.29, 1.82) is 0 Å². The summed E-state index contributed by atoms with van der Waals surface area (Å²) in [5.74, 6) is 0. The van der Waals surface area contributed by atoms with Crippen LogP contribution >= 0.6 is 11.6 Å². The second-order valence-corrected chi connectivity index (χ2v) is 6.30. The van der Waals surface area contributed by atoms with Gasteiger partial charge < -0.3 is 5.32 Å². The number of nitrogens with zero attached hydrogens (tertiary/aromatic N) is 3. The maximum absolute atomic E-state index is 6.35. The Bertz CT molecular complexity index is 453. The summed E-state index contributed by atoms with van der Waals surface area (Å²) in [7, 11) is 1.99. The summed E-state index contributed by atoms with van der Waals surface area (Å²) < 4.78 is 1.93. The van der Waals surface area contributed by atoms with Crippen molar-refractivity contribution < 1.29 is 0 Å². The molecule has 5 heteroatoms. The van der Waals surface area contributed by atoms with Gasteiger partial charge in [0.2, 0.25) is 0 Å². The molecule has 1 aromatic rings. The standard InChI is InChI=1S/C14H23ClN4/c1-10-14(15)13(18(2)17-10)9-19-7-3-4-12(19)8-16-11-5-6-11/h11-12,16H,3-9H2,1-2H3. The third kappa shape index (κ3) is 2.96. The lowest BCUT2D eigenvalue weighted by Crippen LogP contribution is -2.38. The van der Waals surface area contributed by atoms with Gasteiger partial charge in [-0.05, 0) is 39.2 Å². The fourth-order valence-electron chi connectivity index (χ4n) is 2.97. The summed E-state index contributed by atoms with van der Waals surface area (Å²) in [5, 5.41) is 8.89. The number of likely N-dealkylation sites (tertiary alicyclic amines) is 1. The van der Waals surface area contributed by atoms with E-state index in [-0.39, 0.29) is 0 Å². The molecule has 1 N–H and O–H groups in total. The smallest absolute Gasteiger partial charge is 0.0860 e. The second kappa shape index (κ2) is 5.43. The third-order valence-corrected chi connectivity index (χ3v) is 4.82. The number of hydrogen-bond acceptors (Lipinski definition) is 3. The van der Waals surface area contributed by atoms with Crippen LogP contribution in [0.5, 0.6) is 0 Å². The number of nitrogens with one attached hydrogen (secondary N) is 1. The zero-order valence-corrected chi connectivity index (χ0v) is 12.6. The lowest BCUT2D eigenvalue weighted by atomic mass is 10.2. The molecule has 19 heavy (non-hydrogen) atoms. The van der Waals surface area contributed by atoms with Crippen molar-refractivity contribution in [2.75, 3.05) is 13.1 Å². The van der Waals surface area contributed by atoms with E-state index in [1.807, 2.05) is 18.7 Å².